The molecule has 0 spiro atoms. The zero-order valence-corrected chi connectivity index (χ0v) is 10.4. The lowest BCUT2D eigenvalue weighted by molar-refractivity contribution is -0.383. The van der Waals surface area contributed by atoms with Gasteiger partial charge in [0.1, 0.15) is 6.54 Å². The minimum absolute atomic E-state index is 0.117. The third-order valence-electron chi connectivity index (χ3n) is 2.08. The van der Waals surface area contributed by atoms with E-state index < -0.39 is 29.4 Å². The van der Waals surface area contributed by atoms with Gasteiger partial charge in [0.05, 0.1) is 11.0 Å². The molecule has 0 amide bonds. The van der Waals surface area contributed by atoms with Crippen LogP contribution in [0, 0.1) is 10.1 Å². The maximum Gasteiger partial charge on any atom is 0.405 e. The molecule has 102 valence electrons. The number of aliphatic hydroxyl groups is 1. The number of thiophene rings is 1. The molecule has 1 aromatic rings. The van der Waals surface area contributed by atoms with Gasteiger partial charge in [0.25, 0.3) is 0 Å². The van der Waals surface area contributed by atoms with Crippen molar-refractivity contribution in [1.82, 2.24) is 0 Å². The molecule has 0 bridgehead atoms. The van der Waals surface area contributed by atoms with Gasteiger partial charge >= 0.3 is 11.9 Å². The van der Waals surface area contributed by atoms with Crippen molar-refractivity contribution < 1.29 is 23.2 Å². The normalized spacial score (nSPS) is 13.4. The van der Waals surface area contributed by atoms with Crippen molar-refractivity contribution >= 4 is 22.0 Å². The number of hydrogen-bond acceptors (Lipinski definition) is 5. The Balaban J connectivity index is 3.10. The van der Waals surface area contributed by atoms with Crippen LogP contribution in [0.25, 0.3) is 0 Å². The van der Waals surface area contributed by atoms with Crippen LogP contribution >= 0.6 is 11.3 Å². The Morgan fingerprint density at radius 1 is 1.61 bits per heavy atom. The minimum atomic E-state index is -4.45. The highest BCUT2D eigenvalue weighted by Gasteiger charge is 2.33. The molecule has 0 saturated heterocycles. The number of hydrogen-bond donors (Lipinski definition) is 1. The molecule has 1 rings (SSSR count). The van der Waals surface area contributed by atoms with Gasteiger partial charge in [0.2, 0.25) is 0 Å². The van der Waals surface area contributed by atoms with Gasteiger partial charge in [0.15, 0.2) is 5.00 Å². The summed E-state index contributed by atoms with van der Waals surface area (Å²) in [6.07, 6.45) is -5.40. The number of aliphatic hydroxyl groups excluding tert-OH is 1. The molecule has 0 aromatic carbocycles. The van der Waals surface area contributed by atoms with Gasteiger partial charge in [0, 0.05) is 18.0 Å². The van der Waals surface area contributed by atoms with Crippen LogP contribution in [0.15, 0.2) is 6.07 Å². The molecule has 0 aliphatic heterocycles. The standard InChI is InChI=1S/C9H11F3N2O3S/c1-5(15)7-3-6(14(16)17)8(18-7)13(2)4-9(10,11)12/h3,5,15H,4H2,1-2H3/t5-/m1/s1. The van der Waals surface area contributed by atoms with Crippen molar-refractivity contribution in [3.05, 3.63) is 21.1 Å². The van der Waals surface area contributed by atoms with Crippen molar-refractivity contribution in [2.24, 2.45) is 0 Å². The summed E-state index contributed by atoms with van der Waals surface area (Å²) < 4.78 is 36.7. The summed E-state index contributed by atoms with van der Waals surface area (Å²) >= 11 is 0.779. The first-order chi connectivity index (χ1) is 8.11. The highest BCUT2D eigenvalue weighted by molar-refractivity contribution is 7.16. The third-order valence-corrected chi connectivity index (χ3v) is 3.49. The van der Waals surface area contributed by atoms with Crippen LogP contribution in [0.3, 0.4) is 0 Å². The van der Waals surface area contributed by atoms with E-state index in [1.54, 1.807) is 0 Å². The van der Waals surface area contributed by atoms with Gasteiger partial charge in [-0.3, -0.25) is 10.1 Å². The minimum Gasteiger partial charge on any atom is -0.388 e. The number of alkyl halides is 3. The molecule has 18 heavy (non-hydrogen) atoms. The smallest absolute Gasteiger partial charge is 0.388 e. The van der Waals surface area contributed by atoms with Crippen LogP contribution in [0.5, 0.6) is 0 Å². The molecule has 0 unspecified atom stereocenters. The first-order valence-corrected chi connectivity index (χ1v) is 5.67. The summed E-state index contributed by atoms with van der Waals surface area (Å²) in [5.41, 5.74) is -0.428. The molecule has 0 radical (unpaired) electrons. The van der Waals surface area contributed by atoms with Crippen LogP contribution in [-0.2, 0) is 0 Å². The second kappa shape index (κ2) is 5.11. The number of rotatable bonds is 4. The van der Waals surface area contributed by atoms with Crippen LogP contribution in [0.2, 0.25) is 0 Å². The van der Waals surface area contributed by atoms with Crippen molar-refractivity contribution in [3.63, 3.8) is 0 Å². The summed E-state index contributed by atoms with van der Waals surface area (Å²) in [6, 6.07) is 1.09. The summed E-state index contributed by atoms with van der Waals surface area (Å²) in [7, 11) is 1.12. The van der Waals surface area contributed by atoms with Crippen LogP contribution in [0.1, 0.15) is 17.9 Å². The lowest BCUT2D eigenvalue weighted by atomic mass is 10.3. The SMILES string of the molecule is C[C@@H](O)c1cc([N+](=O)[O-])c(N(C)CC(F)(F)F)s1. The number of anilines is 1. The van der Waals surface area contributed by atoms with Gasteiger partial charge < -0.3 is 10.0 Å². The number of halogens is 3. The van der Waals surface area contributed by atoms with Gasteiger partial charge in [-0.2, -0.15) is 13.2 Å². The first-order valence-electron chi connectivity index (χ1n) is 4.86. The second-order valence-electron chi connectivity index (χ2n) is 3.74. The zero-order chi connectivity index (χ0) is 14.1. The predicted molar refractivity (Wildman–Crippen MR) is 60.9 cm³/mol. The fourth-order valence-corrected chi connectivity index (χ4v) is 2.36. The van der Waals surface area contributed by atoms with E-state index in [1.165, 1.54) is 6.92 Å². The Hall–Kier alpha value is -1.35. The molecule has 1 heterocycles. The summed E-state index contributed by atoms with van der Waals surface area (Å²) in [6.45, 7) is 0.108. The molecule has 1 atom stereocenters. The predicted octanol–water partition coefficient (Wildman–Crippen LogP) is 2.71. The Kier molecular flexibility index (Phi) is 4.17. The van der Waals surface area contributed by atoms with E-state index in [0.29, 0.717) is 0 Å². The lowest BCUT2D eigenvalue weighted by Crippen LogP contribution is -2.30. The van der Waals surface area contributed by atoms with Crippen LogP contribution < -0.4 is 4.90 Å². The van der Waals surface area contributed by atoms with E-state index in [9.17, 15) is 28.4 Å². The Bertz CT molecular complexity index is 445. The summed E-state index contributed by atoms with van der Waals surface area (Å²) in [5, 5.41) is 19.9. The Morgan fingerprint density at radius 2 is 2.17 bits per heavy atom. The van der Waals surface area contributed by atoms with E-state index in [0.717, 1.165) is 29.4 Å². The summed E-state index contributed by atoms with van der Waals surface area (Å²) in [5.74, 6) is 0. The maximum atomic E-state index is 12.2. The highest BCUT2D eigenvalue weighted by Crippen LogP contribution is 2.40. The maximum absolute atomic E-state index is 12.2. The molecule has 0 fully saturated rings. The molecule has 1 N–H and O–H groups in total. The van der Waals surface area contributed by atoms with Crippen LogP contribution in [-0.4, -0.2) is 29.8 Å². The fraction of sp³-hybridized carbons (Fsp3) is 0.556. The molecular formula is C9H11F3N2O3S. The van der Waals surface area contributed by atoms with Gasteiger partial charge in [-0.25, -0.2) is 0 Å². The van der Waals surface area contributed by atoms with E-state index >= 15 is 0 Å². The van der Waals surface area contributed by atoms with E-state index in [2.05, 4.69) is 0 Å². The van der Waals surface area contributed by atoms with Crippen molar-refractivity contribution in [1.29, 1.82) is 0 Å². The van der Waals surface area contributed by atoms with Gasteiger partial charge in [-0.15, -0.1) is 11.3 Å². The van der Waals surface area contributed by atoms with Gasteiger partial charge in [-0.05, 0) is 6.92 Å². The first kappa shape index (κ1) is 14.7. The zero-order valence-electron chi connectivity index (χ0n) is 9.56. The quantitative estimate of drug-likeness (QED) is 0.682. The molecular weight excluding hydrogens is 273 g/mol. The summed E-state index contributed by atoms with van der Waals surface area (Å²) in [4.78, 5) is 11.0. The monoisotopic (exact) mass is 284 g/mol. The van der Waals surface area contributed by atoms with Crippen molar-refractivity contribution in [3.8, 4) is 0 Å². The molecule has 0 aliphatic carbocycles. The van der Waals surface area contributed by atoms with Crippen molar-refractivity contribution in [2.45, 2.75) is 19.2 Å². The molecule has 0 saturated carbocycles. The molecule has 5 nitrogen and oxygen atoms in total. The van der Waals surface area contributed by atoms with E-state index in [4.69, 9.17) is 0 Å². The third kappa shape index (κ3) is 3.57. The van der Waals surface area contributed by atoms with Crippen molar-refractivity contribution in [2.75, 3.05) is 18.5 Å². The average Bonchev–Trinajstić information content (AvgIpc) is 2.58. The molecule has 9 heteroatoms. The van der Waals surface area contributed by atoms with Crippen LogP contribution in [0.4, 0.5) is 23.9 Å². The topological polar surface area (TPSA) is 66.6 Å². The Labute approximate surface area is 105 Å². The second-order valence-corrected chi connectivity index (χ2v) is 4.81. The largest absolute Gasteiger partial charge is 0.405 e. The van der Waals surface area contributed by atoms with Gasteiger partial charge in [-0.1, -0.05) is 0 Å². The van der Waals surface area contributed by atoms with E-state index in [1.807, 2.05) is 0 Å². The molecule has 0 aliphatic rings. The highest BCUT2D eigenvalue weighted by atomic mass is 32.1. The molecule has 1 aromatic heterocycles. The lowest BCUT2D eigenvalue weighted by Gasteiger charge is -2.18. The number of nitro groups is 1. The Morgan fingerprint density at radius 3 is 2.56 bits per heavy atom. The van der Waals surface area contributed by atoms with E-state index in [-0.39, 0.29) is 9.88 Å². The fourth-order valence-electron chi connectivity index (χ4n) is 1.34. The average molecular weight is 284 g/mol. The number of nitrogens with zero attached hydrogens (tertiary/aromatic N) is 2.